The van der Waals surface area contributed by atoms with Crippen LogP contribution in [0.4, 0.5) is 0 Å². The fourth-order valence-electron chi connectivity index (χ4n) is 3.78. The number of nitrogens with two attached hydrogens (primary N) is 2. The summed E-state index contributed by atoms with van der Waals surface area (Å²) in [6, 6.07) is 0. The van der Waals surface area contributed by atoms with Crippen molar-refractivity contribution in [3.63, 3.8) is 0 Å². The van der Waals surface area contributed by atoms with E-state index in [2.05, 4.69) is 0 Å². The number of methoxy groups -OCH3 is 3. The molecule has 20 heteroatoms. The number of rotatable bonds is 13. The molecule has 7 N–H and O–H groups in total. The van der Waals surface area contributed by atoms with Gasteiger partial charge < -0.3 is 92.7 Å². The van der Waals surface area contributed by atoms with Crippen LogP contribution in [0.1, 0.15) is 12.8 Å². The molecule has 2 rings (SSSR count). The van der Waals surface area contributed by atoms with E-state index in [0.29, 0.717) is 0 Å². The summed E-state index contributed by atoms with van der Waals surface area (Å²) < 4.78 is 40.1. The Bertz CT molecular complexity index is 839. The third-order valence-electron chi connectivity index (χ3n) is 5.67. The molecule has 0 aromatic heterocycles. The van der Waals surface area contributed by atoms with Gasteiger partial charge in [0, 0.05) is 42.4 Å². The quantitative estimate of drug-likeness (QED) is 0.0904. The predicted molar refractivity (Wildman–Crippen MR) is 127 cm³/mol. The van der Waals surface area contributed by atoms with Crippen LogP contribution in [0.15, 0.2) is 0 Å². The molecule has 0 spiro atoms. The van der Waals surface area contributed by atoms with Gasteiger partial charge in [-0.3, -0.25) is 9.59 Å². The third kappa shape index (κ3) is 11.3. The van der Waals surface area contributed by atoms with E-state index in [4.69, 9.17) is 37.9 Å². The topological polar surface area (TPSA) is 316 Å². The van der Waals surface area contributed by atoms with Gasteiger partial charge in [-0.25, -0.2) is 0 Å². The molecule has 252 valence electrons. The van der Waals surface area contributed by atoms with Gasteiger partial charge in [0.25, 0.3) is 0 Å². The summed E-state index contributed by atoms with van der Waals surface area (Å²) >= 11 is 0. The normalized spacial score (nSPS) is 32.0. The molecule has 10 atom stereocenters. The molecule has 4 unspecified atom stereocenters. The fraction of sp³-hybridized carbons (Fsp3) is 0.773. The van der Waals surface area contributed by atoms with Gasteiger partial charge in [-0.1, -0.05) is 0 Å². The van der Waals surface area contributed by atoms with Crippen LogP contribution in [0.5, 0.6) is 0 Å². The Labute approximate surface area is 256 Å². The number of esters is 2. The number of aliphatic hydroxyl groups is 3. The minimum Gasteiger partial charge on any atom is -0.693 e. The number of carboxylic acids is 2. The zero-order chi connectivity index (χ0) is 28.6. The average molecular weight is 797 g/mol. The maximum Gasteiger partial charge on any atom is 0.306 e. The van der Waals surface area contributed by atoms with E-state index in [9.17, 15) is 44.7 Å². The van der Waals surface area contributed by atoms with Crippen LogP contribution >= 0.6 is 0 Å². The zero-order valence-electron chi connectivity index (χ0n) is 23.1. The van der Waals surface area contributed by atoms with Crippen molar-refractivity contribution < 1.29 is 104 Å². The van der Waals surface area contributed by atoms with Gasteiger partial charge in [0.05, 0.1) is 31.4 Å². The molecule has 2 aliphatic heterocycles. The molecule has 0 aromatic carbocycles. The van der Waals surface area contributed by atoms with Crippen LogP contribution in [0.3, 0.4) is 0 Å². The van der Waals surface area contributed by atoms with E-state index >= 15 is 0 Å². The Kier molecular flexibility index (Phi) is 22.2. The molecule has 2 saturated heterocycles. The molecule has 0 aromatic rings. The maximum atomic E-state index is 12.5. The standard InChI is InChI=1S/C21H32O17.CH3.2H2N.Pt/c1-31-6-7-34-8(22)4-5-9(23)35-14-12(26)20(33-3)37-17(19(29)30)15(14)36-21-11(25)10(24)13(32-2)16(38-21)18(27)28;;;;/h10-17,20-21,24-26H,4-7H2,1-3H3,(H,27,28)(H,29,30);1H3;2*1H2;/q;3*-1;/p-2/t10-,11?,12?,13+,14-,15+,16?,17?,20-,21-;;;;/m1..../s1. The fourth-order valence-corrected chi connectivity index (χ4v) is 3.78. The van der Waals surface area contributed by atoms with Crippen LogP contribution in [-0.4, -0.2) is 135 Å². The molecule has 0 bridgehead atoms. The molecule has 2 fully saturated rings. The summed E-state index contributed by atoms with van der Waals surface area (Å²) in [6.45, 7) is 0.0638. The van der Waals surface area contributed by atoms with Gasteiger partial charge in [-0.15, -0.1) is 0 Å². The summed E-state index contributed by atoms with van der Waals surface area (Å²) in [5, 5.41) is 54.6. The number of hydrogen-bond acceptors (Lipinski definition) is 17. The Morgan fingerprint density at radius 2 is 1.24 bits per heavy atom. The molecule has 0 aliphatic carbocycles. The first-order valence-electron chi connectivity index (χ1n) is 11.3. The van der Waals surface area contributed by atoms with Crippen LogP contribution < -0.4 is 10.2 Å². The summed E-state index contributed by atoms with van der Waals surface area (Å²) in [6.07, 6.45) is -20.1. The monoisotopic (exact) mass is 796 g/mol. The summed E-state index contributed by atoms with van der Waals surface area (Å²) in [4.78, 5) is 47.5. The first-order chi connectivity index (χ1) is 18.0. The van der Waals surface area contributed by atoms with Crippen LogP contribution in [-0.2, 0) is 78.1 Å². The van der Waals surface area contributed by atoms with E-state index in [-0.39, 0.29) is 54.0 Å². The summed E-state index contributed by atoms with van der Waals surface area (Å²) in [7, 11) is 3.48. The van der Waals surface area contributed by atoms with Crippen molar-refractivity contribution in [3.05, 3.63) is 19.7 Å². The van der Waals surface area contributed by atoms with E-state index in [1.807, 2.05) is 0 Å². The van der Waals surface area contributed by atoms with Crippen molar-refractivity contribution in [1.82, 2.24) is 0 Å². The van der Waals surface area contributed by atoms with Gasteiger partial charge >= 0.3 is 11.9 Å². The molecule has 2 aliphatic rings. The van der Waals surface area contributed by atoms with E-state index in [0.717, 1.165) is 14.2 Å². The van der Waals surface area contributed by atoms with Gasteiger partial charge in [-0.05, 0) is 0 Å². The van der Waals surface area contributed by atoms with Crippen molar-refractivity contribution in [2.45, 2.75) is 74.3 Å². The minimum absolute atomic E-state index is 0. The smallest absolute Gasteiger partial charge is 0.306 e. The molecular formula is C22H37N2O17Pt-5. The summed E-state index contributed by atoms with van der Waals surface area (Å²) in [5.41, 5.74) is 0. The number of aliphatic hydroxyl groups excluding tert-OH is 3. The SMILES string of the molecule is COCCOC(=O)CCC(=O)O[C@@H]1C(O)[C@H](OC)OC(C(=O)[O-])[C@H]1O[C@@H]1OC(C(=O)[O-])[C@@H](OC)[C@H](O)C1O.[CH3-].[NH2-].[NH2-].[Pt]. The molecule has 2 heterocycles. The number of aliphatic carboxylic acids is 2. The van der Waals surface area contributed by atoms with Crippen molar-refractivity contribution in [2.75, 3.05) is 34.5 Å². The Hall–Kier alpha value is -1.87. The Morgan fingerprint density at radius 3 is 1.74 bits per heavy atom. The second-order valence-corrected chi connectivity index (χ2v) is 8.16. The van der Waals surface area contributed by atoms with Crippen LogP contribution in [0.25, 0.3) is 12.3 Å². The van der Waals surface area contributed by atoms with E-state index < -0.39 is 98.1 Å². The molecule has 0 saturated carbocycles. The largest absolute Gasteiger partial charge is 0.693 e. The van der Waals surface area contributed by atoms with E-state index in [1.165, 1.54) is 7.11 Å². The minimum atomic E-state index is -2.12. The number of carbonyl (C=O) groups is 4. The average Bonchev–Trinajstić information content (AvgIpc) is 2.87. The third-order valence-corrected chi connectivity index (χ3v) is 5.67. The van der Waals surface area contributed by atoms with Gasteiger partial charge in [0.2, 0.25) is 0 Å². The number of carboxylic acid groups (broad SMARTS) is 2. The first kappa shape index (κ1) is 44.6. The molecule has 0 amide bonds. The summed E-state index contributed by atoms with van der Waals surface area (Å²) in [5.74, 6) is -5.65. The second-order valence-electron chi connectivity index (χ2n) is 8.16. The van der Waals surface area contributed by atoms with Crippen molar-refractivity contribution >= 4 is 23.9 Å². The Balaban J connectivity index is -0.00000380. The van der Waals surface area contributed by atoms with Crippen LogP contribution in [0, 0.1) is 7.43 Å². The number of hydrogen-bond donors (Lipinski definition) is 3. The molecular weight excluding hydrogens is 759 g/mol. The predicted octanol–water partition coefficient (Wildman–Crippen LogP) is -4.17. The van der Waals surface area contributed by atoms with Gasteiger partial charge in [0.15, 0.2) is 18.7 Å². The van der Waals surface area contributed by atoms with Crippen LogP contribution in [0.2, 0.25) is 0 Å². The first-order valence-corrected chi connectivity index (χ1v) is 11.3. The van der Waals surface area contributed by atoms with Crippen molar-refractivity contribution in [1.29, 1.82) is 0 Å². The second kappa shape index (κ2) is 20.9. The van der Waals surface area contributed by atoms with Gasteiger partial charge in [0.1, 0.15) is 49.3 Å². The van der Waals surface area contributed by atoms with Gasteiger partial charge in [-0.2, -0.15) is 0 Å². The molecule has 42 heavy (non-hydrogen) atoms. The van der Waals surface area contributed by atoms with Crippen molar-refractivity contribution in [2.24, 2.45) is 0 Å². The number of carbonyl (C=O) groups excluding carboxylic acids is 4. The van der Waals surface area contributed by atoms with Crippen molar-refractivity contribution in [3.8, 4) is 0 Å². The molecule has 0 radical (unpaired) electrons. The Morgan fingerprint density at radius 1 is 0.714 bits per heavy atom. The zero-order valence-corrected chi connectivity index (χ0v) is 25.4. The van der Waals surface area contributed by atoms with E-state index in [1.54, 1.807) is 0 Å². The molecule has 19 nitrogen and oxygen atoms in total. The number of ether oxygens (including phenoxy) is 8. The maximum absolute atomic E-state index is 12.5.